The Kier molecular flexibility index (Phi) is 5.04. The third-order valence-corrected chi connectivity index (χ3v) is 4.05. The Morgan fingerprint density at radius 2 is 1.86 bits per heavy atom. The molecule has 0 atom stereocenters. The van der Waals surface area contributed by atoms with Crippen LogP contribution in [0.1, 0.15) is 17.3 Å². The molecular weight excluding hydrogens is 302 g/mol. The highest BCUT2D eigenvalue weighted by Gasteiger charge is 2.19. The van der Waals surface area contributed by atoms with E-state index >= 15 is 0 Å². The van der Waals surface area contributed by atoms with Crippen LogP contribution < -0.4 is 5.73 Å². The summed E-state index contributed by atoms with van der Waals surface area (Å²) in [5.74, 6) is 1.21. The van der Waals surface area contributed by atoms with Crippen molar-refractivity contribution in [2.45, 2.75) is 19.6 Å². The maximum absolute atomic E-state index is 6.03. The molecule has 0 saturated carbocycles. The Bertz CT molecular complexity index is 609. The van der Waals surface area contributed by atoms with Crippen molar-refractivity contribution < 1.29 is 4.52 Å². The molecule has 1 fully saturated rings. The van der Waals surface area contributed by atoms with Crippen molar-refractivity contribution in [3.8, 4) is 0 Å². The quantitative estimate of drug-likeness (QED) is 0.900. The van der Waals surface area contributed by atoms with Crippen LogP contribution in [0.15, 0.2) is 28.8 Å². The fourth-order valence-electron chi connectivity index (χ4n) is 2.64. The normalized spacial score (nSPS) is 17.0. The summed E-state index contributed by atoms with van der Waals surface area (Å²) in [6, 6.07) is 8.05. The minimum Gasteiger partial charge on any atom is -0.338 e. The van der Waals surface area contributed by atoms with Gasteiger partial charge in [-0.3, -0.25) is 9.80 Å². The van der Waals surface area contributed by atoms with Crippen LogP contribution in [-0.2, 0) is 19.6 Å². The lowest BCUT2D eigenvalue weighted by Gasteiger charge is -2.34. The predicted molar refractivity (Wildman–Crippen MR) is 84.2 cm³/mol. The van der Waals surface area contributed by atoms with Gasteiger partial charge in [-0.15, -0.1) is 0 Å². The summed E-state index contributed by atoms with van der Waals surface area (Å²) < 4.78 is 5.03. The average Bonchev–Trinajstić information content (AvgIpc) is 2.97. The molecule has 1 saturated heterocycles. The lowest BCUT2D eigenvalue weighted by Crippen LogP contribution is -2.45. The SMILES string of the molecule is NCc1nc(CN2CCN(Cc3cccc(Cl)c3)CC2)no1. The van der Waals surface area contributed by atoms with E-state index in [2.05, 4.69) is 26.0 Å². The number of hydrogen-bond donors (Lipinski definition) is 1. The molecule has 2 N–H and O–H groups in total. The molecule has 2 heterocycles. The Hall–Kier alpha value is -1.47. The number of hydrogen-bond acceptors (Lipinski definition) is 6. The molecule has 118 valence electrons. The summed E-state index contributed by atoms with van der Waals surface area (Å²) in [5, 5.41) is 4.74. The molecule has 2 aromatic rings. The van der Waals surface area contributed by atoms with Gasteiger partial charge in [0.25, 0.3) is 0 Å². The van der Waals surface area contributed by atoms with Gasteiger partial charge in [0.1, 0.15) is 0 Å². The van der Waals surface area contributed by atoms with Crippen LogP contribution in [0.5, 0.6) is 0 Å². The van der Waals surface area contributed by atoms with Crippen LogP contribution in [-0.4, -0.2) is 46.1 Å². The minimum absolute atomic E-state index is 0.292. The van der Waals surface area contributed by atoms with Gasteiger partial charge >= 0.3 is 0 Å². The Balaban J connectivity index is 1.47. The molecule has 0 radical (unpaired) electrons. The van der Waals surface area contributed by atoms with Gasteiger partial charge in [-0.25, -0.2) is 0 Å². The maximum Gasteiger partial charge on any atom is 0.240 e. The highest BCUT2D eigenvalue weighted by Crippen LogP contribution is 2.14. The van der Waals surface area contributed by atoms with E-state index < -0.39 is 0 Å². The van der Waals surface area contributed by atoms with Crippen molar-refractivity contribution in [1.82, 2.24) is 19.9 Å². The Morgan fingerprint density at radius 1 is 1.14 bits per heavy atom. The maximum atomic E-state index is 6.03. The second-order valence-electron chi connectivity index (χ2n) is 5.49. The molecule has 0 spiro atoms. The monoisotopic (exact) mass is 321 g/mol. The number of piperazine rings is 1. The number of aromatic nitrogens is 2. The second-order valence-corrected chi connectivity index (χ2v) is 5.93. The van der Waals surface area contributed by atoms with Crippen molar-refractivity contribution in [2.75, 3.05) is 26.2 Å². The first-order chi connectivity index (χ1) is 10.7. The number of nitrogens with zero attached hydrogens (tertiary/aromatic N) is 4. The van der Waals surface area contributed by atoms with Gasteiger partial charge in [0.15, 0.2) is 5.82 Å². The molecule has 3 rings (SSSR count). The topological polar surface area (TPSA) is 71.4 Å². The molecule has 6 nitrogen and oxygen atoms in total. The van der Waals surface area contributed by atoms with E-state index in [1.165, 1.54) is 5.56 Å². The summed E-state index contributed by atoms with van der Waals surface area (Å²) >= 11 is 6.03. The molecule has 7 heteroatoms. The summed E-state index contributed by atoms with van der Waals surface area (Å²) in [7, 11) is 0. The first-order valence-electron chi connectivity index (χ1n) is 7.43. The van der Waals surface area contributed by atoms with Gasteiger partial charge in [0.2, 0.25) is 5.89 Å². The molecule has 1 aromatic carbocycles. The van der Waals surface area contributed by atoms with E-state index in [9.17, 15) is 0 Å². The largest absolute Gasteiger partial charge is 0.338 e. The van der Waals surface area contributed by atoms with Gasteiger partial charge in [0, 0.05) is 37.7 Å². The zero-order chi connectivity index (χ0) is 15.4. The molecule has 22 heavy (non-hydrogen) atoms. The van der Waals surface area contributed by atoms with Crippen LogP contribution in [0, 0.1) is 0 Å². The van der Waals surface area contributed by atoms with Crippen molar-refractivity contribution in [3.05, 3.63) is 46.6 Å². The highest BCUT2D eigenvalue weighted by molar-refractivity contribution is 6.30. The fraction of sp³-hybridized carbons (Fsp3) is 0.467. The number of rotatable bonds is 5. The summed E-state index contributed by atoms with van der Waals surface area (Å²) in [5.41, 5.74) is 6.73. The van der Waals surface area contributed by atoms with Crippen molar-refractivity contribution >= 4 is 11.6 Å². The van der Waals surface area contributed by atoms with Crippen LogP contribution in [0.2, 0.25) is 5.02 Å². The number of halogens is 1. The summed E-state index contributed by atoms with van der Waals surface area (Å²) in [6.45, 7) is 5.98. The molecule has 1 aliphatic heterocycles. The Labute approximate surface area is 134 Å². The first kappa shape index (κ1) is 15.4. The molecule has 1 aromatic heterocycles. The van der Waals surface area contributed by atoms with E-state index in [0.717, 1.165) is 37.7 Å². The van der Waals surface area contributed by atoms with E-state index in [0.29, 0.717) is 24.8 Å². The number of benzene rings is 1. The van der Waals surface area contributed by atoms with Crippen LogP contribution >= 0.6 is 11.6 Å². The van der Waals surface area contributed by atoms with Crippen molar-refractivity contribution in [2.24, 2.45) is 5.73 Å². The fourth-order valence-corrected chi connectivity index (χ4v) is 2.85. The third-order valence-electron chi connectivity index (χ3n) is 3.81. The minimum atomic E-state index is 0.292. The lowest BCUT2D eigenvalue weighted by molar-refractivity contribution is 0.119. The highest BCUT2D eigenvalue weighted by atomic mass is 35.5. The zero-order valence-electron chi connectivity index (χ0n) is 12.4. The zero-order valence-corrected chi connectivity index (χ0v) is 13.2. The third kappa shape index (κ3) is 4.04. The van der Waals surface area contributed by atoms with E-state index in [-0.39, 0.29) is 0 Å². The molecule has 0 bridgehead atoms. The van der Waals surface area contributed by atoms with Gasteiger partial charge < -0.3 is 10.3 Å². The van der Waals surface area contributed by atoms with Crippen molar-refractivity contribution in [3.63, 3.8) is 0 Å². The first-order valence-corrected chi connectivity index (χ1v) is 7.81. The molecule has 0 unspecified atom stereocenters. The summed E-state index contributed by atoms with van der Waals surface area (Å²) in [4.78, 5) is 9.01. The predicted octanol–water partition coefficient (Wildman–Crippen LogP) is 1.50. The molecule has 1 aliphatic rings. The summed E-state index contributed by atoms with van der Waals surface area (Å²) in [6.07, 6.45) is 0. The smallest absolute Gasteiger partial charge is 0.240 e. The van der Waals surface area contributed by atoms with Gasteiger partial charge in [-0.1, -0.05) is 28.9 Å². The van der Waals surface area contributed by atoms with E-state index in [1.54, 1.807) is 0 Å². The van der Waals surface area contributed by atoms with Crippen LogP contribution in [0.3, 0.4) is 0 Å². The second kappa shape index (κ2) is 7.19. The van der Waals surface area contributed by atoms with Crippen LogP contribution in [0.25, 0.3) is 0 Å². The van der Waals surface area contributed by atoms with E-state index in [4.69, 9.17) is 21.9 Å². The van der Waals surface area contributed by atoms with Crippen LogP contribution in [0.4, 0.5) is 0 Å². The lowest BCUT2D eigenvalue weighted by atomic mass is 10.2. The molecular formula is C15H20ClN5O. The molecule has 0 amide bonds. The van der Waals surface area contributed by atoms with Gasteiger partial charge in [-0.2, -0.15) is 4.98 Å². The van der Waals surface area contributed by atoms with E-state index in [1.807, 2.05) is 18.2 Å². The number of nitrogens with two attached hydrogens (primary N) is 1. The Morgan fingerprint density at radius 3 is 2.50 bits per heavy atom. The van der Waals surface area contributed by atoms with Crippen molar-refractivity contribution in [1.29, 1.82) is 0 Å². The molecule has 0 aliphatic carbocycles. The van der Waals surface area contributed by atoms with Gasteiger partial charge in [0.05, 0.1) is 13.1 Å². The van der Waals surface area contributed by atoms with Gasteiger partial charge in [-0.05, 0) is 17.7 Å². The average molecular weight is 322 g/mol. The standard InChI is InChI=1S/C15H20ClN5O/c16-13-3-1-2-12(8-13)10-20-4-6-21(7-5-20)11-14-18-15(9-17)22-19-14/h1-3,8H,4-7,9-11,17H2.